The molecule has 0 radical (unpaired) electrons. The number of rotatable bonds is 6. The van der Waals surface area contributed by atoms with E-state index in [0.717, 1.165) is 0 Å². The van der Waals surface area contributed by atoms with Crippen LogP contribution in [0.2, 0.25) is 0 Å². The highest BCUT2D eigenvalue weighted by atomic mass is 32.2. The summed E-state index contributed by atoms with van der Waals surface area (Å²) in [5.41, 5.74) is 6.22. The van der Waals surface area contributed by atoms with Gasteiger partial charge in [0.2, 0.25) is 0 Å². The molecule has 6 heteroatoms. The molecule has 0 saturated heterocycles. The number of hydrogen-bond acceptors (Lipinski definition) is 4. The lowest BCUT2D eigenvalue weighted by Crippen LogP contribution is -2.14. The molecule has 0 fully saturated rings. The molecule has 0 spiro atoms. The van der Waals surface area contributed by atoms with E-state index in [2.05, 4.69) is 0 Å². The predicted octanol–water partition coefficient (Wildman–Crippen LogP) is 0.846. The van der Waals surface area contributed by atoms with Gasteiger partial charge in [-0.2, -0.15) is 0 Å². The number of hydrogen-bond donors (Lipinski definition) is 1. The number of sulfone groups is 1. The number of halogens is 1. The molecule has 1 aromatic carbocycles. The van der Waals surface area contributed by atoms with Gasteiger partial charge in [-0.3, -0.25) is 0 Å². The van der Waals surface area contributed by atoms with Crippen molar-refractivity contribution in [1.29, 1.82) is 0 Å². The summed E-state index contributed by atoms with van der Waals surface area (Å²) in [5.74, 6) is -0.576. The summed E-state index contributed by atoms with van der Waals surface area (Å²) in [6, 6.07) is 4.18. The monoisotopic (exact) mass is 261 g/mol. The Morgan fingerprint density at radius 1 is 1.41 bits per heavy atom. The van der Waals surface area contributed by atoms with Crippen molar-refractivity contribution in [3.8, 4) is 0 Å². The summed E-state index contributed by atoms with van der Waals surface area (Å²) in [6.07, 6.45) is 0. The Hall–Kier alpha value is -0.980. The van der Waals surface area contributed by atoms with Crippen molar-refractivity contribution < 1.29 is 17.5 Å². The summed E-state index contributed by atoms with van der Waals surface area (Å²) in [7, 11) is -1.78. The van der Waals surface area contributed by atoms with Gasteiger partial charge in [-0.05, 0) is 11.6 Å². The SMILES string of the molecule is COCCS(=O)(=O)Cc1ccc(F)c(CN)c1. The Morgan fingerprint density at radius 3 is 2.71 bits per heavy atom. The van der Waals surface area contributed by atoms with Crippen LogP contribution in [0.15, 0.2) is 18.2 Å². The van der Waals surface area contributed by atoms with Gasteiger partial charge in [0.15, 0.2) is 9.84 Å². The highest BCUT2D eigenvalue weighted by Gasteiger charge is 2.12. The van der Waals surface area contributed by atoms with Crippen molar-refractivity contribution >= 4 is 9.84 Å². The number of methoxy groups -OCH3 is 1. The van der Waals surface area contributed by atoms with Gasteiger partial charge in [0.05, 0.1) is 18.1 Å². The molecule has 17 heavy (non-hydrogen) atoms. The van der Waals surface area contributed by atoms with Gasteiger partial charge in [0.1, 0.15) is 5.82 Å². The third kappa shape index (κ3) is 4.41. The van der Waals surface area contributed by atoms with Crippen LogP contribution >= 0.6 is 0 Å². The van der Waals surface area contributed by atoms with Gasteiger partial charge in [-0.15, -0.1) is 0 Å². The van der Waals surface area contributed by atoms with Crippen LogP contribution in [0.3, 0.4) is 0 Å². The molecule has 4 nitrogen and oxygen atoms in total. The quantitative estimate of drug-likeness (QED) is 0.824. The molecule has 0 atom stereocenters. The van der Waals surface area contributed by atoms with E-state index in [9.17, 15) is 12.8 Å². The second-order valence-corrected chi connectivity index (χ2v) is 5.90. The molecule has 0 bridgehead atoms. The van der Waals surface area contributed by atoms with Crippen molar-refractivity contribution in [2.45, 2.75) is 12.3 Å². The van der Waals surface area contributed by atoms with E-state index in [1.807, 2.05) is 0 Å². The van der Waals surface area contributed by atoms with Crippen LogP contribution in [0.1, 0.15) is 11.1 Å². The van der Waals surface area contributed by atoms with Crippen LogP contribution in [0, 0.1) is 5.82 Å². The smallest absolute Gasteiger partial charge is 0.156 e. The van der Waals surface area contributed by atoms with Crippen LogP contribution < -0.4 is 5.73 Å². The fourth-order valence-corrected chi connectivity index (χ4v) is 2.66. The summed E-state index contributed by atoms with van der Waals surface area (Å²) < 4.78 is 41.2. The normalized spacial score (nSPS) is 11.7. The summed E-state index contributed by atoms with van der Waals surface area (Å²) >= 11 is 0. The van der Waals surface area contributed by atoms with Gasteiger partial charge in [-0.1, -0.05) is 12.1 Å². The first-order chi connectivity index (χ1) is 7.98. The van der Waals surface area contributed by atoms with E-state index < -0.39 is 15.7 Å². The van der Waals surface area contributed by atoms with Gasteiger partial charge < -0.3 is 10.5 Å². The number of nitrogens with two attached hydrogens (primary N) is 1. The van der Waals surface area contributed by atoms with Crippen molar-refractivity contribution in [3.63, 3.8) is 0 Å². The summed E-state index contributed by atoms with van der Waals surface area (Å²) in [4.78, 5) is 0. The second-order valence-electron chi connectivity index (χ2n) is 3.71. The minimum Gasteiger partial charge on any atom is -0.384 e. The Bertz CT molecular complexity index is 474. The van der Waals surface area contributed by atoms with Gasteiger partial charge in [-0.25, -0.2) is 12.8 Å². The van der Waals surface area contributed by atoms with Crippen LogP contribution in [-0.2, 0) is 26.9 Å². The van der Waals surface area contributed by atoms with Crippen molar-refractivity contribution in [2.24, 2.45) is 5.73 Å². The van der Waals surface area contributed by atoms with E-state index in [0.29, 0.717) is 11.1 Å². The zero-order valence-corrected chi connectivity index (χ0v) is 10.5. The molecule has 0 unspecified atom stereocenters. The molecule has 96 valence electrons. The van der Waals surface area contributed by atoms with Crippen molar-refractivity contribution in [1.82, 2.24) is 0 Å². The van der Waals surface area contributed by atoms with E-state index in [1.165, 1.54) is 25.3 Å². The van der Waals surface area contributed by atoms with Crippen LogP contribution in [0.25, 0.3) is 0 Å². The molecule has 0 aromatic heterocycles. The van der Waals surface area contributed by atoms with E-state index in [-0.39, 0.29) is 24.7 Å². The third-order valence-corrected chi connectivity index (χ3v) is 3.88. The zero-order chi connectivity index (χ0) is 12.9. The topological polar surface area (TPSA) is 69.4 Å². The molecule has 1 rings (SSSR count). The maximum absolute atomic E-state index is 13.2. The second kappa shape index (κ2) is 6.09. The maximum atomic E-state index is 13.2. The number of ether oxygens (including phenoxy) is 1. The Kier molecular flexibility index (Phi) is 5.04. The molecule has 0 aliphatic rings. The largest absolute Gasteiger partial charge is 0.384 e. The lowest BCUT2D eigenvalue weighted by Gasteiger charge is -2.06. The van der Waals surface area contributed by atoms with Gasteiger partial charge >= 0.3 is 0 Å². The standard InChI is InChI=1S/C11H16FNO3S/c1-16-4-5-17(14,15)8-9-2-3-11(12)10(6-9)7-13/h2-3,6H,4-5,7-8,13H2,1H3. The van der Waals surface area contributed by atoms with Crippen LogP contribution in [-0.4, -0.2) is 27.9 Å². The summed E-state index contributed by atoms with van der Waals surface area (Å²) in [6.45, 7) is 0.213. The molecule has 0 amide bonds. The van der Waals surface area contributed by atoms with Gasteiger partial charge in [0.25, 0.3) is 0 Å². The molecule has 0 saturated carbocycles. The van der Waals surface area contributed by atoms with Gasteiger partial charge in [0, 0.05) is 19.2 Å². The van der Waals surface area contributed by atoms with Crippen LogP contribution in [0.4, 0.5) is 4.39 Å². The highest BCUT2D eigenvalue weighted by Crippen LogP contribution is 2.13. The molecular formula is C11H16FNO3S. The highest BCUT2D eigenvalue weighted by molar-refractivity contribution is 7.90. The van der Waals surface area contributed by atoms with E-state index in [4.69, 9.17) is 10.5 Å². The first-order valence-corrected chi connectivity index (χ1v) is 6.97. The van der Waals surface area contributed by atoms with Crippen LogP contribution in [0.5, 0.6) is 0 Å². The predicted molar refractivity (Wildman–Crippen MR) is 63.7 cm³/mol. The fourth-order valence-electron chi connectivity index (χ4n) is 1.41. The Balaban J connectivity index is 2.81. The third-order valence-electron chi connectivity index (χ3n) is 2.32. The van der Waals surface area contributed by atoms with Crippen molar-refractivity contribution in [2.75, 3.05) is 19.5 Å². The Labute approximate surface area is 101 Å². The van der Waals surface area contributed by atoms with E-state index >= 15 is 0 Å². The average Bonchev–Trinajstić information content (AvgIpc) is 2.29. The van der Waals surface area contributed by atoms with Crippen molar-refractivity contribution in [3.05, 3.63) is 35.1 Å². The molecular weight excluding hydrogens is 245 g/mol. The summed E-state index contributed by atoms with van der Waals surface area (Å²) in [5, 5.41) is 0. The number of benzene rings is 1. The zero-order valence-electron chi connectivity index (χ0n) is 9.65. The lowest BCUT2D eigenvalue weighted by molar-refractivity contribution is 0.217. The molecule has 0 aliphatic heterocycles. The van der Waals surface area contributed by atoms with E-state index in [1.54, 1.807) is 0 Å². The maximum Gasteiger partial charge on any atom is 0.156 e. The molecule has 1 aromatic rings. The molecule has 0 aliphatic carbocycles. The first kappa shape index (κ1) is 14.1. The first-order valence-electron chi connectivity index (χ1n) is 5.15. The minimum atomic E-state index is -3.22. The fraction of sp³-hybridized carbons (Fsp3) is 0.455. The molecule has 2 N–H and O–H groups in total. The minimum absolute atomic E-state index is 0.0428. The Morgan fingerprint density at radius 2 is 2.12 bits per heavy atom. The lowest BCUT2D eigenvalue weighted by atomic mass is 10.1. The molecule has 0 heterocycles. The average molecular weight is 261 g/mol.